The number of rotatable bonds is 4. The van der Waals surface area contributed by atoms with E-state index in [1.807, 2.05) is 0 Å². The van der Waals surface area contributed by atoms with E-state index in [1.54, 1.807) is 19.1 Å². The second-order valence-electron chi connectivity index (χ2n) is 6.29. The summed E-state index contributed by atoms with van der Waals surface area (Å²) in [4.78, 5) is 19.9. The monoisotopic (exact) mass is 446 g/mol. The van der Waals surface area contributed by atoms with Crippen LogP contribution in [0.3, 0.4) is 0 Å². The van der Waals surface area contributed by atoms with Gasteiger partial charge in [-0.2, -0.15) is 27.9 Å². The number of nitrogens with zero attached hydrogens (tertiary/aromatic N) is 6. The third-order valence-electron chi connectivity index (χ3n) is 4.39. The van der Waals surface area contributed by atoms with Gasteiger partial charge in [0.2, 0.25) is 0 Å². The molecule has 0 bridgehead atoms. The highest BCUT2D eigenvalue weighted by atomic mass is 19.4. The molecule has 0 saturated heterocycles. The Morgan fingerprint density at radius 2 is 1.75 bits per heavy atom. The molecule has 0 radical (unpaired) electrons. The highest BCUT2D eigenvalue weighted by molar-refractivity contribution is 5.60. The van der Waals surface area contributed by atoms with E-state index in [-0.39, 0.29) is 29.5 Å². The number of benzene rings is 1. The van der Waals surface area contributed by atoms with Gasteiger partial charge >= 0.3 is 12.3 Å². The zero-order valence-corrected chi connectivity index (χ0v) is 16.4. The molecule has 4 rings (SSSR count). The Balaban J connectivity index is 0.000000913. The van der Waals surface area contributed by atoms with Crippen molar-refractivity contribution in [3.63, 3.8) is 0 Å². The largest absolute Gasteiger partial charge is 0.433 e. The lowest BCUT2D eigenvalue weighted by molar-refractivity contribution is -0.191. The molecular weight excluding hydrogens is 432 g/mol. The fraction of sp³-hybridized carbons (Fsp3) is 0.150. The normalized spacial score (nSPS) is 10.9. The van der Waals surface area contributed by atoms with Gasteiger partial charge in [0, 0.05) is 17.3 Å². The number of halogens is 4. The first-order valence-corrected chi connectivity index (χ1v) is 9.06. The summed E-state index contributed by atoms with van der Waals surface area (Å²) in [6.07, 6.45) is 1.21. The third kappa shape index (κ3) is 4.60. The third-order valence-corrected chi connectivity index (χ3v) is 4.39. The van der Waals surface area contributed by atoms with Crippen LogP contribution in [0, 0.1) is 5.82 Å². The molecule has 0 amide bonds. The van der Waals surface area contributed by atoms with Crippen LogP contribution in [-0.4, -0.2) is 35.9 Å². The first-order chi connectivity index (χ1) is 15.3. The zero-order chi connectivity index (χ0) is 23.3. The van der Waals surface area contributed by atoms with E-state index in [0.29, 0.717) is 11.3 Å². The molecule has 0 aliphatic rings. The molecule has 0 N–H and O–H groups in total. The van der Waals surface area contributed by atoms with Gasteiger partial charge in [-0.05, 0) is 24.6 Å². The molecule has 3 aromatic heterocycles. The topological polar surface area (TPSA) is 95.6 Å². The number of aryl methyl sites for hydroxylation is 1. The molecule has 0 fully saturated rings. The fourth-order valence-electron chi connectivity index (χ4n) is 2.98. The number of carbonyl (C=O) groups excluding carboxylic acids is 2. The highest BCUT2D eigenvalue weighted by Gasteiger charge is 2.38. The van der Waals surface area contributed by atoms with Gasteiger partial charge in [-0.1, -0.05) is 24.3 Å². The van der Waals surface area contributed by atoms with E-state index < -0.39 is 17.7 Å². The predicted octanol–water partition coefficient (Wildman–Crippen LogP) is 3.65. The number of aromatic nitrogens is 6. The molecule has 1 aromatic carbocycles. The Kier molecular flexibility index (Phi) is 6.55. The van der Waals surface area contributed by atoms with Gasteiger partial charge in [-0.15, -0.1) is 5.10 Å². The fourth-order valence-corrected chi connectivity index (χ4v) is 2.98. The molecule has 0 unspecified atom stereocenters. The number of alkyl halides is 3. The second-order valence-corrected chi connectivity index (χ2v) is 6.29. The SMILES string of the molecule is CCc1cnn(-c2ccc(-c3cn(-c4ccncc4F)nn3)cc2)c1C(F)(F)F.O=C=O. The Hall–Kier alpha value is -4.18. The molecule has 4 aromatic rings. The van der Waals surface area contributed by atoms with Crippen LogP contribution in [0.1, 0.15) is 18.2 Å². The Bertz CT molecular complexity index is 1240. The first kappa shape index (κ1) is 22.5. The van der Waals surface area contributed by atoms with E-state index in [2.05, 4.69) is 20.4 Å². The maximum Gasteiger partial charge on any atom is 0.433 e. The van der Waals surface area contributed by atoms with Gasteiger partial charge in [-0.25, -0.2) is 13.8 Å². The molecule has 32 heavy (non-hydrogen) atoms. The van der Waals surface area contributed by atoms with E-state index in [4.69, 9.17) is 9.59 Å². The average molecular weight is 446 g/mol. The summed E-state index contributed by atoms with van der Waals surface area (Å²) in [5.41, 5.74) is 0.863. The van der Waals surface area contributed by atoms with Crippen molar-refractivity contribution in [1.82, 2.24) is 29.8 Å². The van der Waals surface area contributed by atoms with Crippen LogP contribution in [0.2, 0.25) is 0 Å². The summed E-state index contributed by atoms with van der Waals surface area (Å²) in [7, 11) is 0. The van der Waals surface area contributed by atoms with Crippen LogP contribution in [0.15, 0.2) is 55.1 Å². The van der Waals surface area contributed by atoms with Crippen molar-refractivity contribution in [3.05, 3.63) is 72.2 Å². The van der Waals surface area contributed by atoms with Crippen molar-refractivity contribution in [2.45, 2.75) is 19.5 Å². The quantitative estimate of drug-likeness (QED) is 0.444. The van der Waals surface area contributed by atoms with E-state index in [0.717, 1.165) is 10.9 Å². The molecule has 3 heterocycles. The van der Waals surface area contributed by atoms with Gasteiger partial charge in [0.1, 0.15) is 11.4 Å². The lowest BCUT2D eigenvalue weighted by Crippen LogP contribution is -2.15. The first-order valence-electron chi connectivity index (χ1n) is 9.06. The second kappa shape index (κ2) is 9.31. The molecule has 0 saturated carbocycles. The Morgan fingerprint density at radius 1 is 1.06 bits per heavy atom. The summed E-state index contributed by atoms with van der Waals surface area (Å²) in [6, 6.07) is 7.71. The Labute approximate surface area is 178 Å². The van der Waals surface area contributed by atoms with Crippen molar-refractivity contribution in [2.75, 3.05) is 0 Å². The van der Waals surface area contributed by atoms with Crippen molar-refractivity contribution < 1.29 is 27.2 Å². The van der Waals surface area contributed by atoms with Gasteiger partial charge < -0.3 is 0 Å². The molecule has 0 spiro atoms. The minimum atomic E-state index is -4.52. The van der Waals surface area contributed by atoms with Crippen molar-refractivity contribution in [3.8, 4) is 22.6 Å². The molecule has 0 aliphatic heterocycles. The maximum absolute atomic E-state index is 13.8. The maximum atomic E-state index is 13.8. The molecule has 164 valence electrons. The highest BCUT2D eigenvalue weighted by Crippen LogP contribution is 2.34. The van der Waals surface area contributed by atoms with Crippen molar-refractivity contribution in [1.29, 1.82) is 0 Å². The molecule has 0 atom stereocenters. The summed E-state index contributed by atoms with van der Waals surface area (Å²) in [5.74, 6) is -0.551. The average Bonchev–Trinajstić information content (AvgIpc) is 3.42. The smallest absolute Gasteiger partial charge is 0.262 e. The zero-order valence-electron chi connectivity index (χ0n) is 16.4. The van der Waals surface area contributed by atoms with Crippen LogP contribution in [0.25, 0.3) is 22.6 Å². The summed E-state index contributed by atoms with van der Waals surface area (Å²) in [6.45, 7) is 1.65. The van der Waals surface area contributed by atoms with Crippen LogP contribution in [-0.2, 0) is 22.2 Å². The van der Waals surface area contributed by atoms with Crippen LogP contribution in [0.5, 0.6) is 0 Å². The number of hydrogen-bond donors (Lipinski definition) is 0. The molecular formula is C20H14F4N6O2. The Morgan fingerprint density at radius 3 is 2.34 bits per heavy atom. The molecule has 0 aliphatic carbocycles. The summed E-state index contributed by atoms with van der Waals surface area (Å²) in [5, 5.41) is 11.8. The van der Waals surface area contributed by atoms with E-state index in [9.17, 15) is 17.6 Å². The standard InChI is InChI=1S/C19H14F4N6.CO2/c1-2-12-9-25-29(18(12)19(21,22)23)14-5-3-13(4-6-14)16-11-28(27-26-16)17-7-8-24-10-15(17)20;2-1-3/h3-11H,2H2,1H3;. The van der Waals surface area contributed by atoms with Gasteiger partial charge in [-0.3, -0.25) is 4.98 Å². The van der Waals surface area contributed by atoms with Gasteiger partial charge in [0.15, 0.2) is 11.5 Å². The van der Waals surface area contributed by atoms with Crippen molar-refractivity contribution in [2.24, 2.45) is 0 Å². The number of hydrogen-bond acceptors (Lipinski definition) is 6. The molecule has 12 heteroatoms. The van der Waals surface area contributed by atoms with E-state index >= 15 is 0 Å². The van der Waals surface area contributed by atoms with Crippen LogP contribution < -0.4 is 0 Å². The summed E-state index contributed by atoms with van der Waals surface area (Å²) < 4.78 is 56.3. The lowest BCUT2D eigenvalue weighted by atomic mass is 10.1. The summed E-state index contributed by atoms with van der Waals surface area (Å²) >= 11 is 0. The minimum absolute atomic E-state index is 0.129. The van der Waals surface area contributed by atoms with Crippen LogP contribution >= 0.6 is 0 Å². The van der Waals surface area contributed by atoms with E-state index in [1.165, 1.54) is 41.5 Å². The van der Waals surface area contributed by atoms with Crippen LogP contribution in [0.4, 0.5) is 17.6 Å². The lowest BCUT2D eigenvalue weighted by Gasteiger charge is -2.12. The molecule has 8 nitrogen and oxygen atoms in total. The van der Waals surface area contributed by atoms with Gasteiger partial charge in [0.05, 0.1) is 24.3 Å². The van der Waals surface area contributed by atoms with Crippen molar-refractivity contribution >= 4 is 6.15 Å². The number of pyridine rings is 1. The van der Waals surface area contributed by atoms with Gasteiger partial charge in [0.25, 0.3) is 0 Å². The minimum Gasteiger partial charge on any atom is -0.262 e. The predicted molar refractivity (Wildman–Crippen MR) is 101 cm³/mol.